The quantitative estimate of drug-likeness (QED) is 0.749. The predicted molar refractivity (Wildman–Crippen MR) is 64.8 cm³/mol. The molecule has 0 aliphatic carbocycles. The van der Waals surface area contributed by atoms with Gasteiger partial charge in [0.1, 0.15) is 0 Å². The van der Waals surface area contributed by atoms with Gasteiger partial charge in [0.15, 0.2) is 11.5 Å². The van der Waals surface area contributed by atoms with Crippen LogP contribution in [0.4, 0.5) is 0 Å². The van der Waals surface area contributed by atoms with Crippen molar-refractivity contribution in [2.45, 2.75) is 13.8 Å². The van der Waals surface area contributed by atoms with E-state index in [0.717, 1.165) is 5.56 Å². The Balaban J connectivity index is 2.34. The van der Waals surface area contributed by atoms with Crippen molar-refractivity contribution in [2.24, 2.45) is 0 Å². The van der Waals surface area contributed by atoms with Gasteiger partial charge in [-0.25, -0.2) is 4.79 Å². The summed E-state index contributed by atoms with van der Waals surface area (Å²) in [5, 5.41) is 0. The Bertz CT molecular complexity index is 483. The molecule has 1 aliphatic heterocycles. The summed E-state index contributed by atoms with van der Waals surface area (Å²) in [6, 6.07) is 9.68. The van der Waals surface area contributed by atoms with E-state index in [1.807, 2.05) is 37.3 Å². The van der Waals surface area contributed by atoms with Crippen molar-refractivity contribution >= 4 is 12.0 Å². The minimum atomic E-state index is -0.337. The SMILES string of the molecule is CCOC1=C(C)C(=O)O/C1=C/c1ccccc1. The number of hydrogen-bond acceptors (Lipinski definition) is 3. The molecule has 0 spiro atoms. The summed E-state index contributed by atoms with van der Waals surface area (Å²) in [7, 11) is 0. The third kappa shape index (κ3) is 2.38. The Kier molecular flexibility index (Phi) is 3.28. The average Bonchev–Trinajstić information content (AvgIpc) is 2.59. The van der Waals surface area contributed by atoms with Gasteiger partial charge in [0, 0.05) is 0 Å². The molecule has 0 atom stereocenters. The summed E-state index contributed by atoms with van der Waals surface area (Å²) in [5.74, 6) is 0.692. The van der Waals surface area contributed by atoms with Crippen LogP contribution in [0.25, 0.3) is 6.08 Å². The number of cyclic esters (lactones) is 1. The van der Waals surface area contributed by atoms with Crippen LogP contribution in [-0.4, -0.2) is 12.6 Å². The molecule has 3 heteroatoms. The number of hydrogen-bond donors (Lipinski definition) is 0. The molecule has 3 nitrogen and oxygen atoms in total. The zero-order valence-corrected chi connectivity index (χ0v) is 9.90. The van der Waals surface area contributed by atoms with Crippen LogP contribution in [-0.2, 0) is 14.3 Å². The number of ether oxygens (including phenoxy) is 2. The summed E-state index contributed by atoms with van der Waals surface area (Å²) in [6.45, 7) is 4.10. The van der Waals surface area contributed by atoms with Gasteiger partial charge in [0.2, 0.25) is 0 Å². The zero-order chi connectivity index (χ0) is 12.3. The smallest absolute Gasteiger partial charge is 0.343 e. The van der Waals surface area contributed by atoms with E-state index >= 15 is 0 Å². The first kappa shape index (κ1) is 11.5. The Morgan fingerprint density at radius 3 is 2.65 bits per heavy atom. The van der Waals surface area contributed by atoms with E-state index in [0.29, 0.717) is 23.7 Å². The van der Waals surface area contributed by atoms with Crippen molar-refractivity contribution in [3.8, 4) is 0 Å². The number of esters is 1. The Labute approximate surface area is 100 Å². The maximum atomic E-state index is 11.5. The molecule has 0 saturated carbocycles. The molecule has 2 rings (SSSR count). The number of rotatable bonds is 3. The van der Waals surface area contributed by atoms with Crippen molar-refractivity contribution < 1.29 is 14.3 Å². The van der Waals surface area contributed by atoms with Crippen molar-refractivity contribution in [1.82, 2.24) is 0 Å². The molecule has 0 N–H and O–H groups in total. The van der Waals surface area contributed by atoms with Crippen LogP contribution in [0.2, 0.25) is 0 Å². The van der Waals surface area contributed by atoms with E-state index in [1.54, 1.807) is 13.0 Å². The summed E-state index contributed by atoms with van der Waals surface area (Å²) in [5.41, 5.74) is 1.50. The summed E-state index contributed by atoms with van der Waals surface area (Å²) < 4.78 is 10.6. The largest absolute Gasteiger partial charge is 0.489 e. The van der Waals surface area contributed by atoms with E-state index in [9.17, 15) is 4.79 Å². The highest BCUT2D eigenvalue weighted by atomic mass is 16.6. The molecular formula is C14H14O3. The van der Waals surface area contributed by atoms with Gasteiger partial charge in [-0.2, -0.15) is 0 Å². The lowest BCUT2D eigenvalue weighted by Crippen LogP contribution is -1.94. The van der Waals surface area contributed by atoms with Crippen LogP contribution in [0, 0.1) is 0 Å². The number of carbonyl (C=O) groups is 1. The molecule has 0 amide bonds. The van der Waals surface area contributed by atoms with Crippen molar-refractivity contribution in [3.63, 3.8) is 0 Å². The maximum absolute atomic E-state index is 11.5. The van der Waals surface area contributed by atoms with Gasteiger partial charge >= 0.3 is 5.97 Å². The van der Waals surface area contributed by atoms with E-state index in [1.165, 1.54) is 0 Å². The fourth-order valence-corrected chi connectivity index (χ4v) is 1.62. The normalized spacial score (nSPS) is 17.5. The molecule has 1 heterocycles. The van der Waals surface area contributed by atoms with E-state index in [4.69, 9.17) is 9.47 Å². The zero-order valence-electron chi connectivity index (χ0n) is 9.90. The molecule has 1 aromatic rings. The molecule has 0 fully saturated rings. The van der Waals surface area contributed by atoms with Gasteiger partial charge < -0.3 is 9.47 Å². The topological polar surface area (TPSA) is 35.5 Å². The second-order valence-electron chi connectivity index (χ2n) is 3.70. The Morgan fingerprint density at radius 2 is 2.00 bits per heavy atom. The molecule has 0 bridgehead atoms. The molecule has 88 valence electrons. The van der Waals surface area contributed by atoms with Gasteiger partial charge in [-0.3, -0.25) is 0 Å². The number of carbonyl (C=O) groups excluding carboxylic acids is 1. The molecule has 0 aromatic heterocycles. The second-order valence-corrected chi connectivity index (χ2v) is 3.70. The fraction of sp³-hybridized carbons (Fsp3) is 0.214. The van der Waals surface area contributed by atoms with E-state index in [2.05, 4.69) is 0 Å². The monoisotopic (exact) mass is 230 g/mol. The van der Waals surface area contributed by atoms with Crippen LogP contribution >= 0.6 is 0 Å². The van der Waals surface area contributed by atoms with Crippen molar-refractivity contribution in [2.75, 3.05) is 6.61 Å². The second kappa shape index (κ2) is 4.87. The van der Waals surface area contributed by atoms with Crippen LogP contribution in [0.3, 0.4) is 0 Å². The first-order valence-electron chi connectivity index (χ1n) is 5.55. The minimum Gasteiger partial charge on any atom is -0.489 e. The predicted octanol–water partition coefficient (Wildman–Crippen LogP) is 2.89. The lowest BCUT2D eigenvalue weighted by atomic mass is 10.2. The molecule has 17 heavy (non-hydrogen) atoms. The van der Waals surface area contributed by atoms with Gasteiger partial charge in [0.05, 0.1) is 12.2 Å². The van der Waals surface area contributed by atoms with Crippen LogP contribution in [0.5, 0.6) is 0 Å². The van der Waals surface area contributed by atoms with Crippen LogP contribution in [0.15, 0.2) is 47.4 Å². The Hall–Kier alpha value is -2.03. The standard InChI is InChI=1S/C14H14O3/c1-3-16-13-10(2)14(15)17-12(13)9-11-7-5-4-6-8-11/h4-9H,3H2,1-2H3/b12-9+. The summed E-state index contributed by atoms with van der Waals surface area (Å²) >= 11 is 0. The van der Waals surface area contributed by atoms with Gasteiger partial charge in [-0.15, -0.1) is 0 Å². The lowest BCUT2D eigenvalue weighted by Gasteiger charge is -2.05. The molecule has 1 aromatic carbocycles. The highest BCUT2D eigenvalue weighted by Crippen LogP contribution is 2.28. The third-order valence-electron chi connectivity index (χ3n) is 2.46. The molecule has 0 unspecified atom stereocenters. The number of benzene rings is 1. The lowest BCUT2D eigenvalue weighted by molar-refractivity contribution is -0.133. The van der Waals surface area contributed by atoms with Crippen LogP contribution < -0.4 is 0 Å². The molecular weight excluding hydrogens is 216 g/mol. The van der Waals surface area contributed by atoms with E-state index in [-0.39, 0.29) is 5.97 Å². The molecule has 0 saturated heterocycles. The highest BCUT2D eigenvalue weighted by Gasteiger charge is 2.27. The van der Waals surface area contributed by atoms with Gasteiger partial charge in [-0.05, 0) is 25.5 Å². The highest BCUT2D eigenvalue weighted by molar-refractivity contribution is 5.94. The first-order valence-corrected chi connectivity index (χ1v) is 5.55. The van der Waals surface area contributed by atoms with Crippen LogP contribution in [0.1, 0.15) is 19.4 Å². The molecule has 1 aliphatic rings. The first-order chi connectivity index (χ1) is 8.22. The fourth-order valence-electron chi connectivity index (χ4n) is 1.62. The van der Waals surface area contributed by atoms with Crippen molar-refractivity contribution in [3.05, 3.63) is 53.0 Å². The van der Waals surface area contributed by atoms with Gasteiger partial charge in [0.25, 0.3) is 0 Å². The summed E-state index contributed by atoms with van der Waals surface area (Å²) in [6.07, 6.45) is 1.80. The Morgan fingerprint density at radius 1 is 1.29 bits per heavy atom. The summed E-state index contributed by atoms with van der Waals surface area (Å²) in [4.78, 5) is 11.5. The van der Waals surface area contributed by atoms with Gasteiger partial charge in [-0.1, -0.05) is 30.3 Å². The van der Waals surface area contributed by atoms with Crippen molar-refractivity contribution in [1.29, 1.82) is 0 Å². The maximum Gasteiger partial charge on any atom is 0.343 e. The molecule has 0 radical (unpaired) electrons. The van der Waals surface area contributed by atoms with E-state index < -0.39 is 0 Å². The third-order valence-corrected chi connectivity index (χ3v) is 2.46. The average molecular weight is 230 g/mol. The minimum absolute atomic E-state index is 0.337.